The first kappa shape index (κ1) is 15.5. The minimum atomic E-state index is -0.0521. The molecule has 1 amide bonds. The Balaban J connectivity index is 1.60. The van der Waals surface area contributed by atoms with E-state index in [1.807, 2.05) is 43.3 Å². The van der Waals surface area contributed by atoms with E-state index < -0.39 is 0 Å². The molecule has 0 saturated heterocycles. The van der Waals surface area contributed by atoms with Crippen LogP contribution in [0, 0.1) is 0 Å². The summed E-state index contributed by atoms with van der Waals surface area (Å²) < 4.78 is 0. The van der Waals surface area contributed by atoms with E-state index in [1.54, 1.807) is 0 Å². The van der Waals surface area contributed by atoms with Crippen LogP contribution in [0.25, 0.3) is 5.57 Å². The van der Waals surface area contributed by atoms with Crippen LogP contribution in [0.4, 0.5) is 5.69 Å². The van der Waals surface area contributed by atoms with Crippen molar-refractivity contribution in [2.45, 2.75) is 19.4 Å². The standard InChI is InChI=1S/C20H22N2O/c1-16(20(23)21-19-10-6-3-7-11-19)22-14-12-18(13-15-22)17-8-4-2-5-9-17/h2-12,16H,13-15H2,1H3,(H,21,23)/p+1/t16-/m0/s1. The molecule has 23 heavy (non-hydrogen) atoms. The van der Waals surface area contributed by atoms with Gasteiger partial charge in [-0.1, -0.05) is 48.5 Å². The Labute approximate surface area is 137 Å². The maximum atomic E-state index is 12.4. The Morgan fingerprint density at radius 2 is 1.70 bits per heavy atom. The Hall–Kier alpha value is -2.39. The summed E-state index contributed by atoms with van der Waals surface area (Å²) in [6, 6.07) is 20.1. The summed E-state index contributed by atoms with van der Waals surface area (Å²) >= 11 is 0. The normalized spacial score (nSPS) is 18.8. The van der Waals surface area contributed by atoms with E-state index in [1.165, 1.54) is 16.0 Å². The topological polar surface area (TPSA) is 33.5 Å². The summed E-state index contributed by atoms with van der Waals surface area (Å²) in [6.45, 7) is 3.90. The second-order valence-corrected chi connectivity index (χ2v) is 6.03. The van der Waals surface area contributed by atoms with Gasteiger partial charge in [0.25, 0.3) is 5.91 Å². The van der Waals surface area contributed by atoms with Crippen LogP contribution in [0.15, 0.2) is 66.7 Å². The third kappa shape index (κ3) is 3.88. The molecule has 1 heterocycles. The van der Waals surface area contributed by atoms with Crippen LogP contribution in [0.5, 0.6) is 0 Å². The van der Waals surface area contributed by atoms with Crippen LogP contribution >= 0.6 is 0 Å². The molecule has 2 aromatic carbocycles. The Bertz CT molecular complexity index is 679. The van der Waals surface area contributed by atoms with Crippen molar-refractivity contribution in [1.29, 1.82) is 0 Å². The molecule has 0 bridgehead atoms. The molecule has 0 spiro atoms. The van der Waals surface area contributed by atoms with E-state index in [0.717, 1.165) is 25.2 Å². The number of carbonyl (C=O) groups excluding carboxylic acids is 1. The van der Waals surface area contributed by atoms with Crippen molar-refractivity contribution in [3.05, 3.63) is 72.3 Å². The van der Waals surface area contributed by atoms with Gasteiger partial charge in [-0.2, -0.15) is 0 Å². The van der Waals surface area contributed by atoms with E-state index in [2.05, 4.69) is 35.7 Å². The minimum absolute atomic E-state index is 0.0521. The maximum Gasteiger partial charge on any atom is 0.282 e. The van der Waals surface area contributed by atoms with Crippen LogP contribution in [-0.4, -0.2) is 25.0 Å². The monoisotopic (exact) mass is 307 g/mol. The zero-order valence-electron chi connectivity index (χ0n) is 13.5. The summed E-state index contributed by atoms with van der Waals surface area (Å²) in [5.74, 6) is 0.0859. The lowest BCUT2D eigenvalue weighted by atomic mass is 9.99. The number of para-hydroxylation sites is 1. The zero-order valence-corrected chi connectivity index (χ0v) is 13.5. The Morgan fingerprint density at radius 1 is 1.04 bits per heavy atom. The molecular weight excluding hydrogens is 284 g/mol. The highest BCUT2D eigenvalue weighted by Crippen LogP contribution is 2.18. The quantitative estimate of drug-likeness (QED) is 0.893. The van der Waals surface area contributed by atoms with E-state index in [9.17, 15) is 4.79 Å². The summed E-state index contributed by atoms with van der Waals surface area (Å²) in [7, 11) is 0. The average molecular weight is 307 g/mol. The molecule has 2 aromatic rings. The van der Waals surface area contributed by atoms with Crippen LogP contribution < -0.4 is 10.2 Å². The third-order valence-corrected chi connectivity index (χ3v) is 4.52. The molecule has 0 aromatic heterocycles. The van der Waals surface area contributed by atoms with Gasteiger partial charge in [-0.25, -0.2) is 0 Å². The van der Waals surface area contributed by atoms with Crippen molar-refractivity contribution < 1.29 is 9.69 Å². The lowest BCUT2D eigenvalue weighted by Crippen LogP contribution is -3.17. The molecule has 1 aliphatic rings. The van der Waals surface area contributed by atoms with Gasteiger partial charge < -0.3 is 10.2 Å². The number of nitrogens with one attached hydrogen (secondary N) is 2. The molecule has 0 aliphatic carbocycles. The van der Waals surface area contributed by atoms with Gasteiger partial charge in [0.1, 0.15) is 0 Å². The number of quaternary nitrogens is 1. The van der Waals surface area contributed by atoms with Gasteiger partial charge in [-0.3, -0.25) is 4.79 Å². The molecule has 3 rings (SSSR count). The molecule has 0 saturated carbocycles. The SMILES string of the molecule is C[C@@H](C(=O)Nc1ccccc1)[NH+]1CC=C(c2ccccc2)CC1. The van der Waals surface area contributed by atoms with Gasteiger partial charge in [0.05, 0.1) is 13.1 Å². The fourth-order valence-electron chi connectivity index (χ4n) is 3.02. The maximum absolute atomic E-state index is 12.4. The van der Waals surface area contributed by atoms with Gasteiger partial charge in [0.2, 0.25) is 0 Å². The first-order valence-electron chi connectivity index (χ1n) is 8.19. The Morgan fingerprint density at radius 3 is 2.30 bits per heavy atom. The van der Waals surface area contributed by atoms with Crippen LogP contribution in [0.2, 0.25) is 0 Å². The number of benzene rings is 2. The second kappa shape index (κ2) is 7.25. The third-order valence-electron chi connectivity index (χ3n) is 4.52. The number of carbonyl (C=O) groups is 1. The zero-order chi connectivity index (χ0) is 16.1. The van der Waals surface area contributed by atoms with Crippen LogP contribution in [0.1, 0.15) is 18.9 Å². The van der Waals surface area contributed by atoms with Crippen LogP contribution in [0.3, 0.4) is 0 Å². The minimum Gasteiger partial charge on any atom is -0.321 e. The van der Waals surface area contributed by atoms with E-state index >= 15 is 0 Å². The number of anilines is 1. The Kier molecular flexibility index (Phi) is 4.89. The molecule has 0 radical (unpaired) electrons. The highest BCUT2D eigenvalue weighted by molar-refractivity contribution is 5.93. The summed E-state index contributed by atoms with van der Waals surface area (Å²) in [5, 5.41) is 3.00. The van der Waals surface area contributed by atoms with E-state index in [0.29, 0.717) is 0 Å². The van der Waals surface area contributed by atoms with Crippen molar-refractivity contribution in [3.63, 3.8) is 0 Å². The fourth-order valence-corrected chi connectivity index (χ4v) is 3.02. The number of amides is 1. The molecule has 3 heteroatoms. The van der Waals surface area contributed by atoms with Crippen molar-refractivity contribution in [2.75, 3.05) is 18.4 Å². The van der Waals surface area contributed by atoms with Gasteiger partial charge >= 0.3 is 0 Å². The molecule has 3 nitrogen and oxygen atoms in total. The number of rotatable bonds is 4. The predicted molar refractivity (Wildman–Crippen MR) is 94.3 cm³/mol. The number of hydrogen-bond acceptors (Lipinski definition) is 1. The highest BCUT2D eigenvalue weighted by atomic mass is 16.2. The molecule has 0 fully saturated rings. The molecular formula is C20H23N2O+. The second-order valence-electron chi connectivity index (χ2n) is 6.03. The highest BCUT2D eigenvalue weighted by Gasteiger charge is 2.26. The smallest absolute Gasteiger partial charge is 0.282 e. The fraction of sp³-hybridized carbons (Fsp3) is 0.250. The summed E-state index contributed by atoms with van der Waals surface area (Å²) in [6.07, 6.45) is 3.29. The van der Waals surface area contributed by atoms with Crippen molar-refractivity contribution in [3.8, 4) is 0 Å². The summed E-state index contributed by atoms with van der Waals surface area (Å²) in [5.41, 5.74) is 3.55. The van der Waals surface area contributed by atoms with E-state index in [4.69, 9.17) is 0 Å². The van der Waals surface area contributed by atoms with Crippen LogP contribution in [-0.2, 0) is 4.79 Å². The van der Waals surface area contributed by atoms with Crippen molar-refractivity contribution >= 4 is 17.2 Å². The van der Waals surface area contributed by atoms with Gasteiger partial charge in [0, 0.05) is 12.1 Å². The molecule has 2 atom stereocenters. The lowest BCUT2D eigenvalue weighted by Gasteiger charge is -2.28. The van der Waals surface area contributed by atoms with Gasteiger partial charge in [0.15, 0.2) is 6.04 Å². The van der Waals surface area contributed by atoms with E-state index in [-0.39, 0.29) is 11.9 Å². The van der Waals surface area contributed by atoms with Gasteiger partial charge in [-0.15, -0.1) is 0 Å². The summed E-state index contributed by atoms with van der Waals surface area (Å²) in [4.78, 5) is 13.7. The van der Waals surface area contributed by atoms with Crippen molar-refractivity contribution in [1.82, 2.24) is 0 Å². The molecule has 1 unspecified atom stereocenters. The van der Waals surface area contributed by atoms with Crippen molar-refractivity contribution in [2.24, 2.45) is 0 Å². The molecule has 2 N–H and O–H groups in total. The first-order chi connectivity index (χ1) is 11.2. The molecule has 1 aliphatic heterocycles. The predicted octanol–water partition coefficient (Wildman–Crippen LogP) is 2.39. The average Bonchev–Trinajstić information content (AvgIpc) is 2.63. The largest absolute Gasteiger partial charge is 0.321 e. The first-order valence-corrected chi connectivity index (χ1v) is 8.19. The molecule has 118 valence electrons. The van der Waals surface area contributed by atoms with Gasteiger partial charge in [-0.05, 0) is 36.3 Å². The number of hydrogen-bond donors (Lipinski definition) is 2. The lowest BCUT2D eigenvalue weighted by molar-refractivity contribution is -0.909.